The van der Waals surface area contributed by atoms with E-state index in [2.05, 4.69) is 19.2 Å². The lowest BCUT2D eigenvalue weighted by Gasteiger charge is -2.22. The van der Waals surface area contributed by atoms with Gasteiger partial charge in [0.15, 0.2) is 0 Å². The standard InChI is InChI=1S/C12H24ClNO2/c1-12(2)6-4-11(16-12)8-14-10(5-7-13)9-15-3/h10-11,14H,4-9H2,1-3H3. The van der Waals surface area contributed by atoms with Crippen molar-refractivity contribution in [3.05, 3.63) is 0 Å². The topological polar surface area (TPSA) is 30.5 Å². The van der Waals surface area contributed by atoms with Gasteiger partial charge < -0.3 is 14.8 Å². The lowest BCUT2D eigenvalue weighted by atomic mass is 10.1. The summed E-state index contributed by atoms with van der Waals surface area (Å²) in [4.78, 5) is 0. The van der Waals surface area contributed by atoms with E-state index >= 15 is 0 Å². The molecule has 0 bridgehead atoms. The number of nitrogens with one attached hydrogen (secondary N) is 1. The molecule has 0 radical (unpaired) electrons. The highest BCUT2D eigenvalue weighted by Crippen LogP contribution is 2.28. The molecule has 0 aromatic rings. The van der Waals surface area contributed by atoms with Crippen molar-refractivity contribution in [1.29, 1.82) is 0 Å². The first-order valence-electron chi connectivity index (χ1n) is 6.03. The third-order valence-corrected chi connectivity index (χ3v) is 3.23. The van der Waals surface area contributed by atoms with Crippen molar-refractivity contribution in [2.45, 2.75) is 50.9 Å². The van der Waals surface area contributed by atoms with E-state index in [0.717, 1.165) is 25.8 Å². The van der Waals surface area contributed by atoms with E-state index in [4.69, 9.17) is 21.1 Å². The fourth-order valence-corrected chi connectivity index (χ4v) is 2.36. The highest BCUT2D eigenvalue weighted by Gasteiger charge is 2.31. The van der Waals surface area contributed by atoms with Gasteiger partial charge in [0.25, 0.3) is 0 Å². The molecule has 4 heteroatoms. The van der Waals surface area contributed by atoms with Gasteiger partial charge in [-0.3, -0.25) is 0 Å². The van der Waals surface area contributed by atoms with Crippen molar-refractivity contribution in [2.24, 2.45) is 0 Å². The van der Waals surface area contributed by atoms with Crippen LogP contribution in [0.4, 0.5) is 0 Å². The Morgan fingerprint density at radius 1 is 1.56 bits per heavy atom. The molecule has 1 heterocycles. The quantitative estimate of drug-likeness (QED) is 0.702. The van der Waals surface area contributed by atoms with Crippen LogP contribution in [0.15, 0.2) is 0 Å². The number of ether oxygens (including phenoxy) is 2. The maximum Gasteiger partial charge on any atom is 0.0707 e. The number of rotatable bonds is 7. The summed E-state index contributed by atoms with van der Waals surface area (Å²) in [5.41, 5.74) is 0.0512. The lowest BCUT2D eigenvalue weighted by molar-refractivity contribution is -0.0161. The van der Waals surface area contributed by atoms with Gasteiger partial charge >= 0.3 is 0 Å². The van der Waals surface area contributed by atoms with E-state index in [1.807, 2.05) is 0 Å². The fraction of sp³-hybridized carbons (Fsp3) is 1.00. The molecule has 96 valence electrons. The normalized spacial score (nSPS) is 25.9. The maximum atomic E-state index is 5.92. The zero-order valence-corrected chi connectivity index (χ0v) is 11.3. The van der Waals surface area contributed by atoms with E-state index in [1.165, 1.54) is 0 Å². The Morgan fingerprint density at radius 2 is 2.31 bits per heavy atom. The van der Waals surface area contributed by atoms with Crippen molar-refractivity contribution in [3.63, 3.8) is 0 Å². The summed E-state index contributed by atoms with van der Waals surface area (Å²) in [5, 5.41) is 3.47. The van der Waals surface area contributed by atoms with Crippen LogP contribution in [-0.4, -0.2) is 43.9 Å². The molecule has 0 aromatic carbocycles. The fourth-order valence-electron chi connectivity index (χ4n) is 2.10. The molecule has 0 aliphatic carbocycles. The minimum atomic E-state index is 0.0512. The van der Waals surface area contributed by atoms with Crippen LogP contribution in [0.25, 0.3) is 0 Å². The van der Waals surface area contributed by atoms with Crippen LogP contribution in [0.2, 0.25) is 0 Å². The molecule has 2 atom stereocenters. The molecule has 0 aromatic heterocycles. The minimum absolute atomic E-state index is 0.0512. The SMILES string of the molecule is COCC(CCCl)NCC1CCC(C)(C)O1. The molecule has 1 aliphatic rings. The molecule has 0 spiro atoms. The summed E-state index contributed by atoms with van der Waals surface area (Å²) in [5.74, 6) is 0.665. The minimum Gasteiger partial charge on any atom is -0.383 e. The first-order chi connectivity index (χ1) is 7.57. The van der Waals surface area contributed by atoms with Crippen molar-refractivity contribution in [3.8, 4) is 0 Å². The van der Waals surface area contributed by atoms with Crippen LogP contribution in [0, 0.1) is 0 Å². The lowest BCUT2D eigenvalue weighted by Crippen LogP contribution is -2.39. The van der Waals surface area contributed by atoms with Crippen LogP contribution in [-0.2, 0) is 9.47 Å². The van der Waals surface area contributed by atoms with E-state index in [0.29, 0.717) is 24.6 Å². The van der Waals surface area contributed by atoms with Crippen molar-refractivity contribution in [2.75, 3.05) is 26.1 Å². The summed E-state index contributed by atoms with van der Waals surface area (Å²) in [6.07, 6.45) is 3.56. The zero-order valence-electron chi connectivity index (χ0n) is 10.6. The largest absolute Gasteiger partial charge is 0.383 e. The molecular formula is C12H24ClNO2. The van der Waals surface area contributed by atoms with Crippen LogP contribution in [0.3, 0.4) is 0 Å². The molecule has 2 unspecified atom stereocenters. The van der Waals surface area contributed by atoms with Gasteiger partial charge in [-0.1, -0.05) is 0 Å². The number of halogens is 1. The monoisotopic (exact) mass is 249 g/mol. The summed E-state index contributed by atoms with van der Waals surface area (Å²) in [6.45, 7) is 5.91. The van der Waals surface area contributed by atoms with Crippen molar-refractivity contribution >= 4 is 11.6 Å². The average molecular weight is 250 g/mol. The summed E-state index contributed by atoms with van der Waals surface area (Å²) in [7, 11) is 1.72. The Labute approximate surface area is 104 Å². The number of alkyl halides is 1. The Kier molecular flexibility index (Phi) is 6.05. The molecule has 1 fully saturated rings. The molecule has 1 saturated heterocycles. The highest BCUT2D eigenvalue weighted by molar-refractivity contribution is 6.17. The van der Waals surface area contributed by atoms with Gasteiger partial charge in [-0.25, -0.2) is 0 Å². The second-order valence-electron chi connectivity index (χ2n) is 5.08. The van der Waals surface area contributed by atoms with E-state index in [-0.39, 0.29) is 5.60 Å². The molecule has 0 saturated carbocycles. The average Bonchev–Trinajstić information content (AvgIpc) is 2.55. The van der Waals surface area contributed by atoms with E-state index < -0.39 is 0 Å². The maximum absolute atomic E-state index is 5.92. The predicted molar refractivity (Wildman–Crippen MR) is 67.2 cm³/mol. The molecule has 1 rings (SSSR count). The number of hydrogen-bond acceptors (Lipinski definition) is 3. The van der Waals surface area contributed by atoms with Gasteiger partial charge in [0, 0.05) is 25.6 Å². The summed E-state index contributed by atoms with van der Waals surface area (Å²) >= 11 is 5.75. The van der Waals surface area contributed by atoms with E-state index in [1.54, 1.807) is 7.11 Å². The Balaban J connectivity index is 2.22. The van der Waals surface area contributed by atoms with Gasteiger partial charge in [-0.15, -0.1) is 11.6 Å². The van der Waals surface area contributed by atoms with Crippen molar-refractivity contribution < 1.29 is 9.47 Å². The Bertz CT molecular complexity index is 191. The first kappa shape index (κ1) is 14.2. The molecule has 1 aliphatic heterocycles. The molecule has 16 heavy (non-hydrogen) atoms. The summed E-state index contributed by atoms with van der Waals surface area (Å²) in [6, 6.07) is 0.342. The smallest absolute Gasteiger partial charge is 0.0707 e. The van der Waals surface area contributed by atoms with Gasteiger partial charge in [0.2, 0.25) is 0 Å². The van der Waals surface area contributed by atoms with Crippen LogP contribution in [0.1, 0.15) is 33.1 Å². The van der Waals surface area contributed by atoms with Gasteiger partial charge in [0.05, 0.1) is 18.3 Å². The second kappa shape index (κ2) is 6.80. The number of methoxy groups -OCH3 is 1. The second-order valence-corrected chi connectivity index (χ2v) is 5.45. The first-order valence-corrected chi connectivity index (χ1v) is 6.57. The molecule has 3 nitrogen and oxygen atoms in total. The zero-order chi connectivity index (χ0) is 12.0. The highest BCUT2D eigenvalue weighted by atomic mass is 35.5. The third-order valence-electron chi connectivity index (χ3n) is 3.01. The van der Waals surface area contributed by atoms with Gasteiger partial charge in [-0.2, -0.15) is 0 Å². The van der Waals surface area contributed by atoms with Gasteiger partial charge in [0.1, 0.15) is 0 Å². The van der Waals surface area contributed by atoms with Gasteiger partial charge in [-0.05, 0) is 33.1 Å². The van der Waals surface area contributed by atoms with E-state index in [9.17, 15) is 0 Å². The van der Waals surface area contributed by atoms with Crippen LogP contribution < -0.4 is 5.32 Å². The molecular weight excluding hydrogens is 226 g/mol. The van der Waals surface area contributed by atoms with Crippen LogP contribution in [0.5, 0.6) is 0 Å². The van der Waals surface area contributed by atoms with Crippen molar-refractivity contribution in [1.82, 2.24) is 5.32 Å². The Hall–Kier alpha value is 0.170. The number of hydrogen-bond donors (Lipinski definition) is 1. The molecule has 0 amide bonds. The molecule has 1 N–H and O–H groups in total. The third kappa shape index (κ3) is 5.00. The Morgan fingerprint density at radius 3 is 2.81 bits per heavy atom. The van der Waals surface area contributed by atoms with Crippen LogP contribution >= 0.6 is 11.6 Å². The predicted octanol–water partition coefficient (Wildman–Crippen LogP) is 2.18. The summed E-state index contributed by atoms with van der Waals surface area (Å²) < 4.78 is 11.1.